The van der Waals surface area contributed by atoms with Crippen molar-refractivity contribution in [3.63, 3.8) is 0 Å². The Morgan fingerprint density at radius 1 is 1.40 bits per heavy atom. The van der Waals surface area contributed by atoms with E-state index in [4.69, 9.17) is 17.1 Å². The number of carboxylic acids is 1. The Morgan fingerprint density at radius 3 is 2.96 bits per heavy atom. The Bertz CT molecular complexity index is 962. The fraction of sp³-hybridized carbons (Fsp3) is 0.571. The van der Waals surface area contributed by atoms with Crippen molar-refractivity contribution < 1.29 is 32.1 Å². The van der Waals surface area contributed by atoms with Gasteiger partial charge in [-0.3, -0.25) is 0 Å². The van der Waals surface area contributed by atoms with Crippen LogP contribution in [0.1, 0.15) is 82.0 Å². The molecule has 0 aromatic heterocycles. The third-order valence-electron chi connectivity index (χ3n) is 5.01. The number of ether oxygens (including phenoxy) is 1. The lowest BCUT2D eigenvalue weighted by Gasteiger charge is -2.46. The maximum atomic E-state index is 11.6. The van der Waals surface area contributed by atoms with E-state index in [1.807, 2.05) is 0 Å². The largest absolute Gasteiger partial charge is 0.507 e. The first-order valence-corrected chi connectivity index (χ1v) is 8.47. The van der Waals surface area contributed by atoms with E-state index in [2.05, 4.69) is 0 Å². The zero-order valence-corrected chi connectivity index (χ0v) is 13.8. The second-order valence-corrected chi connectivity index (χ2v) is 6.74. The average Bonchev–Trinajstić information content (AvgIpc) is 2.67. The van der Waals surface area contributed by atoms with E-state index in [-0.39, 0.29) is 41.9 Å². The minimum Gasteiger partial charge on any atom is -0.507 e. The molecule has 1 aromatic rings. The molecule has 0 fully saturated rings. The molecule has 0 bridgehead atoms. The van der Waals surface area contributed by atoms with Crippen molar-refractivity contribution in [2.75, 3.05) is 0 Å². The monoisotopic (exact) mass is 353 g/mol. The average molecular weight is 354 g/mol. The number of benzene rings is 1. The number of aromatic hydroxyl groups is 1. The number of aliphatic carboxylic acids is 1. The van der Waals surface area contributed by atoms with Crippen LogP contribution in [0.3, 0.4) is 0 Å². The summed E-state index contributed by atoms with van der Waals surface area (Å²) >= 11 is 0. The lowest BCUT2D eigenvalue weighted by Crippen LogP contribution is -2.45. The van der Waals surface area contributed by atoms with Crippen molar-refractivity contribution in [3.05, 3.63) is 34.9 Å². The van der Waals surface area contributed by atoms with Gasteiger partial charge in [0.15, 0.2) is 0 Å². The number of phenols is 1. The van der Waals surface area contributed by atoms with E-state index in [0.29, 0.717) is 24.8 Å². The minimum absolute atomic E-state index is 0.0206. The number of aryl methyl sites for hydroxylation is 1. The van der Waals surface area contributed by atoms with Gasteiger partial charge >= 0.3 is 5.97 Å². The molecular formula is C21H28O4. The summed E-state index contributed by atoms with van der Waals surface area (Å²) in [4.78, 5) is 11.6. The van der Waals surface area contributed by atoms with Crippen LogP contribution in [0, 0.1) is 5.92 Å². The quantitative estimate of drug-likeness (QED) is 0.746. The molecule has 1 heterocycles. The van der Waals surface area contributed by atoms with E-state index >= 15 is 0 Å². The summed E-state index contributed by atoms with van der Waals surface area (Å²) in [6.07, 6.45) is 2.53. The van der Waals surface area contributed by atoms with Gasteiger partial charge in [0.1, 0.15) is 17.1 Å². The normalized spacial score (nSPS) is 30.7. The van der Waals surface area contributed by atoms with Crippen molar-refractivity contribution >= 4 is 5.97 Å². The standard InChI is InChI=1S/C21H28O4/c1-4-5-6-7-13-10-17(22)19-15-12-14(20(23)24)8-9-16(15)21(2,3)25-18(19)11-13/h10-12,15-16,22H,4-9H2,1-3H3,(H,23,24)/t15-,16-/m1/s1/i1D3,2D3,3D3. The van der Waals surface area contributed by atoms with E-state index in [1.165, 1.54) is 18.2 Å². The summed E-state index contributed by atoms with van der Waals surface area (Å²) in [6.45, 7) is -8.19. The Labute approximate surface area is 162 Å². The Balaban J connectivity index is 2.10. The minimum atomic E-state index is -3.07. The highest BCUT2D eigenvalue weighted by atomic mass is 16.5. The van der Waals surface area contributed by atoms with Gasteiger partial charge in [0, 0.05) is 35.3 Å². The predicted molar refractivity (Wildman–Crippen MR) is 97.2 cm³/mol. The third kappa shape index (κ3) is 3.39. The zero-order chi connectivity index (χ0) is 25.7. The van der Waals surface area contributed by atoms with Crippen LogP contribution in [0.2, 0.25) is 0 Å². The first-order valence-electron chi connectivity index (χ1n) is 13.0. The number of phenolic OH excluding ortho intramolecular Hbond substituents is 1. The van der Waals surface area contributed by atoms with Gasteiger partial charge in [0.05, 0.1) is 0 Å². The molecule has 2 atom stereocenters. The Kier molecular flexibility index (Phi) is 2.60. The Hall–Kier alpha value is -1.97. The molecular weight excluding hydrogens is 316 g/mol. The van der Waals surface area contributed by atoms with Crippen molar-refractivity contribution in [3.8, 4) is 11.5 Å². The fourth-order valence-electron chi connectivity index (χ4n) is 3.76. The molecule has 1 aromatic carbocycles. The lowest BCUT2D eigenvalue weighted by molar-refractivity contribution is -0.133. The summed E-state index contributed by atoms with van der Waals surface area (Å²) < 4.78 is 76.5. The molecule has 0 saturated heterocycles. The van der Waals surface area contributed by atoms with Crippen LogP contribution in [-0.4, -0.2) is 21.8 Å². The van der Waals surface area contributed by atoms with E-state index in [9.17, 15) is 15.0 Å². The Morgan fingerprint density at radius 2 is 2.24 bits per heavy atom. The molecule has 4 nitrogen and oxygen atoms in total. The van der Waals surface area contributed by atoms with E-state index in [0.717, 1.165) is 0 Å². The van der Waals surface area contributed by atoms with E-state index in [1.54, 1.807) is 0 Å². The number of hydrogen-bond donors (Lipinski definition) is 2. The summed E-state index contributed by atoms with van der Waals surface area (Å²) in [5.41, 5.74) is -1.88. The number of carbonyl (C=O) groups is 1. The first kappa shape index (κ1) is 9.65. The van der Waals surface area contributed by atoms with Crippen LogP contribution in [0.15, 0.2) is 23.8 Å². The highest BCUT2D eigenvalue weighted by Gasteiger charge is 2.46. The van der Waals surface area contributed by atoms with Crippen molar-refractivity contribution in [1.29, 1.82) is 0 Å². The molecule has 2 aliphatic rings. The predicted octanol–water partition coefficient (Wildman–Crippen LogP) is 4.80. The first-order chi connectivity index (χ1) is 15.5. The maximum absolute atomic E-state index is 11.6. The smallest absolute Gasteiger partial charge is 0.331 e. The molecule has 0 radical (unpaired) electrons. The number of fused-ring (bicyclic) bond motifs is 3. The molecule has 25 heavy (non-hydrogen) atoms. The third-order valence-corrected chi connectivity index (χ3v) is 5.01. The van der Waals surface area contributed by atoms with Gasteiger partial charge in [-0.25, -0.2) is 4.79 Å². The molecule has 0 amide bonds. The van der Waals surface area contributed by atoms with Crippen molar-refractivity contribution in [2.24, 2.45) is 5.92 Å². The van der Waals surface area contributed by atoms with Gasteiger partial charge in [-0.15, -0.1) is 0 Å². The number of hydrogen-bond acceptors (Lipinski definition) is 3. The molecule has 4 heteroatoms. The molecule has 136 valence electrons. The fourth-order valence-corrected chi connectivity index (χ4v) is 3.76. The van der Waals surface area contributed by atoms with Crippen LogP contribution in [0.5, 0.6) is 11.5 Å². The number of carboxylic acid groups (broad SMARTS) is 1. The molecule has 0 unspecified atom stereocenters. The molecule has 1 aliphatic carbocycles. The van der Waals surface area contributed by atoms with Gasteiger partial charge in [-0.2, -0.15) is 0 Å². The summed E-state index contributed by atoms with van der Waals surface area (Å²) in [5.74, 6) is -3.63. The van der Waals surface area contributed by atoms with Crippen molar-refractivity contribution in [1.82, 2.24) is 0 Å². The van der Waals surface area contributed by atoms with Gasteiger partial charge in [-0.1, -0.05) is 25.8 Å². The van der Waals surface area contributed by atoms with Gasteiger partial charge < -0.3 is 14.9 Å². The highest BCUT2D eigenvalue weighted by Crippen LogP contribution is 2.53. The van der Waals surface area contributed by atoms with Crippen LogP contribution in [0.25, 0.3) is 0 Å². The second kappa shape index (κ2) is 6.74. The summed E-state index contributed by atoms with van der Waals surface area (Å²) in [5, 5.41) is 20.3. The molecule has 0 saturated carbocycles. The molecule has 3 rings (SSSR count). The van der Waals surface area contributed by atoms with Gasteiger partial charge in [0.2, 0.25) is 0 Å². The number of allylic oxidation sites excluding steroid dienone is 1. The van der Waals surface area contributed by atoms with Crippen LogP contribution in [-0.2, 0) is 11.2 Å². The molecule has 1 aliphatic heterocycles. The number of rotatable bonds is 5. The number of unbranched alkanes of at least 4 members (excludes halogenated alkanes) is 1. The summed E-state index contributed by atoms with van der Waals surface area (Å²) in [7, 11) is 0. The summed E-state index contributed by atoms with van der Waals surface area (Å²) in [6, 6.07) is 2.92. The van der Waals surface area contributed by atoms with Crippen LogP contribution >= 0.6 is 0 Å². The SMILES string of the molecule is [2H]C([2H])([2H])CCCCc1cc(O)c2c(c1)OC(C([2H])([2H])[2H])(C([2H])([2H])[2H])[C@@H]1CCC(C(=O)O)=C[C@@H]21. The van der Waals surface area contributed by atoms with Gasteiger partial charge in [-0.05, 0) is 57.1 Å². The molecule has 0 spiro atoms. The maximum Gasteiger partial charge on any atom is 0.331 e. The second-order valence-electron chi connectivity index (χ2n) is 6.74. The van der Waals surface area contributed by atoms with Gasteiger partial charge in [0.25, 0.3) is 0 Å². The molecule has 2 N–H and O–H groups in total. The highest BCUT2D eigenvalue weighted by molar-refractivity contribution is 5.87. The van der Waals surface area contributed by atoms with E-state index < -0.39 is 44.0 Å². The topological polar surface area (TPSA) is 66.8 Å². The van der Waals surface area contributed by atoms with Crippen LogP contribution in [0.4, 0.5) is 0 Å². The van der Waals surface area contributed by atoms with Crippen LogP contribution < -0.4 is 4.74 Å². The lowest BCUT2D eigenvalue weighted by atomic mass is 9.67. The zero-order valence-electron chi connectivity index (χ0n) is 22.8. The van der Waals surface area contributed by atoms with Crippen molar-refractivity contribution in [2.45, 2.75) is 70.6 Å².